The van der Waals surface area contributed by atoms with E-state index in [4.69, 9.17) is 9.84 Å². The van der Waals surface area contributed by atoms with Gasteiger partial charge in [-0.15, -0.1) is 0 Å². The molecule has 0 fully saturated rings. The second-order valence-corrected chi connectivity index (χ2v) is 5.54. The monoisotopic (exact) mass is 288 g/mol. The fourth-order valence-corrected chi connectivity index (χ4v) is 1.74. The lowest BCUT2D eigenvalue weighted by Gasteiger charge is -2.19. The van der Waals surface area contributed by atoms with Gasteiger partial charge in [0.2, 0.25) is 0 Å². The summed E-state index contributed by atoms with van der Waals surface area (Å²) >= 11 is 0. The van der Waals surface area contributed by atoms with Crippen molar-refractivity contribution in [1.82, 2.24) is 4.98 Å². The van der Waals surface area contributed by atoms with E-state index in [0.717, 1.165) is 0 Å². The van der Waals surface area contributed by atoms with Gasteiger partial charge in [-0.2, -0.15) is 0 Å². The zero-order valence-corrected chi connectivity index (χ0v) is 12.0. The van der Waals surface area contributed by atoms with Gasteiger partial charge in [0, 0.05) is 5.39 Å². The number of carbonyl (C=O) groups is 2. The van der Waals surface area contributed by atoms with E-state index in [1.54, 1.807) is 39.0 Å². The molecule has 21 heavy (non-hydrogen) atoms. The number of nitrogens with zero attached hydrogens (tertiary/aromatic N) is 1. The van der Waals surface area contributed by atoms with Gasteiger partial charge in [-0.25, -0.2) is 14.6 Å². The molecule has 1 aromatic heterocycles. The molecule has 0 atom stereocenters. The number of carbonyl (C=O) groups excluding carboxylic acids is 1. The van der Waals surface area contributed by atoms with E-state index in [1.807, 2.05) is 0 Å². The molecule has 0 saturated carbocycles. The summed E-state index contributed by atoms with van der Waals surface area (Å²) in [6.45, 7) is 5.31. The lowest BCUT2D eigenvalue weighted by molar-refractivity contribution is 0.0633. The predicted molar refractivity (Wildman–Crippen MR) is 78.6 cm³/mol. The summed E-state index contributed by atoms with van der Waals surface area (Å²) in [5, 5.41) is 12.2. The van der Waals surface area contributed by atoms with Crippen molar-refractivity contribution in [3.63, 3.8) is 0 Å². The highest BCUT2D eigenvalue weighted by atomic mass is 16.6. The van der Waals surface area contributed by atoms with Crippen LogP contribution in [0, 0.1) is 0 Å². The number of aromatic carboxylic acids is 1. The Hall–Kier alpha value is -2.63. The minimum atomic E-state index is -0.993. The Morgan fingerprint density at radius 2 is 1.90 bits per heavy atom. The second-order valence-electron chi connectivity index (χ2n) is 5.54. The quantitative estimate of drug-likeness (QED) is 0.885. The fraction of sp³-hybridized carbons (Fsp3) is 0.267. The molecule has 0 aliphatic heterocycles. The van der Waals surface area contributed by atoms with Gasteiger partial charge < -0.3 is 9.84 Å². The minimum Gasteiger partial charge on any atom is -0.478 e. The number of nitrogens with one attached hydrogen (secondary N) is 1. The average molecular weight is 288 g/mol. The highest BCUT2D eigenvalue weighted by molar-refractivity contribution is 5.94. The maximum Gasteiger partial charge on any atom is 0.413 e. The van der Waals surface area contributed by atoms with Gasteiger partial charge in [0.1, 0.15) is 11.4 Å². The number of fused-ring (bicyclic) bond motifs is 1. The first-order valence-corrected chi connectivity index (χ1v) is 6.39. The number of hydrogen-bond donors (Lipinski definition) is 2. The van der Waals surface area contributed by atoms with Crippen LogP contribution < -0.4 is 5.32 Å². The van der Waals surface area contributed by atoms with Crippen LogP contribution in [0.5, 0.6) is 0 Å². The normalized spacial score (nSPS) is 11.2. The number of hydrogen-bond acceptors (Lipinski definition) is 4. The number of aromatic nitrogens is 1. The predicted octanol–water partition coefficient (Wildman–Crippen LogP) is 3.28. The van der Waals surface area contributed by atoms with Crippen molar-refractivity contribution >= 4 is 28.8 Å². The van der Waals surface area contributed by atoms with Gasteiger partial charge in [0.25, 0.3) is 0 Å². The van der Waals surface area contributed by atoms with Crippen LogP contribution in [0.3, 0.4) is 0 Å². The van der Waals surface area contributed by atoms with Crippen molar-refractivity contribution < 1.29 is 19.4 Å². The maximum absolute atomic E-state index is 11.7. The molecule has 110 valence electrons. The number of pyridine rings is 1. The summed E-state index contributed by atoms with van der Waals surface area (Å²) in [5.41, 5.74) is 0.197. The van der Waals surface area contributed by atoms with Gasteiger partial charge >= 0.3 is 12.1 Å². The largest absolute Gasteiger partial charge is 0.478 e. The second kappa shape index (κ2) is 5.40. The molecule has 0 spiro atoms. The molecule has 2 N–H and O–H groups in total. The summed E-state index contributed by atoms with van der Waals surface area (Å²) in [6.07, 6.45) is -0.587. The van der Waals surface area contributed by atoms with E-state index >= 15 is 0 Å². The summed E-state index contributed by atoms with van der Waals surface area (Å²) in [6, 6.07) is 7.88. The average Bonchev–Trinajstić information content (AvgIpc) is 2.35. The van der Waals surface area contributed by atoms with Gasteiger partial charge in [-0.05, 0) is 51.1 Å². The minimum absolute atomic E-state index is 0.192. The first kappa shape index (κ1) is 14.8. The van der Waals surface area contributed by atoms with Crippen molar-refractivity contribution in [1.29, 1.82) is 0 Å². The Labute approximate surface area is 121 Å². The summed E-state index contributed by atoms with van der Waals surface area (Å²) in [5.74, 6) is -0.646. The number of carboxylic acid groups (broad SMARTS) is 1. The number of carboxylic acids is 1. The van der Waals surface area contributed by atoms with E-state index in [9.17, 15) is 9.59 Å². The molecule has 6 nitrogen and oxygen atoms in total. The SMILES string of the molecule is CC(C)(C)OC(=O)Nc1ccc2cc(C(=O)O)ccc2n1. The Kier molecular flexibility index (Phi) is 3.80. The standard InChI is InChI=1S/C15H16N2O4/c1-15(2,3)21-14(20)17-12-7-5-9-8-10(13(18)19)4-6-11(9)16-12/h4-8H,1-3H3,(H,18,19)(H,16,17,20). The van der Waals surface area contributed by atoms with Crippen LogP contribution in [-0.2, 0) is 4.74 Å². The molecule has 1 heterocycles. The third-order valence-corrected chi connectivity index (χ3v) is 2.57. The van der Waals surface area contributed by atoms with Crippen LogP contribution in [-0.4, -0.2) is 27.8 Å². The number of benzene rings is 1. The van der Waals surface area contributed by atoms with E-state index in [0.29, 0.717) is 16.7 Å². The molecule has 0 aliphatic rings. The third kappa shape index (κ3) is 3.92. The molecule has 2 rings (SSSR count). The molecular formula is C15H16N2O4. The fourth-order valence-electron chi connectivity index (χ4n) is 1.74. The molecule has 0 saturated heterocycles. The highest BCUT2D eigenvalue weighted by Gasteiger charge is 2.16. The van der Waals surface area contributed by atoms with E-state index in [-0.39, 0.29) is 5.56 Å². The van der Waals surface area contributed by atoms with Gasteiger partial charge in [-0.1, -0.05) is 0 Å². The lowest BCUT2D eigenvalue weighted by atomic mass is 10.1. The maximum atomic E-state index is 11.7. The summed E-state index contributed by atoms with van der Waals surface area (Å²) in [7, 11) is 0. The zero-order valence-electron chi connectivity index (χ0n) is 12.0. The Bertz CT molecular complexity index is 704. The number of anilines is 1. The molecule has 1 aromatic carbocycles. The summed E-state index contributed by atoms with van der Waals surface area (Å²) < 4.78 is 5.14. The first-order chi connectivity index (χ1) is 9.74. The van der Waals surface area contributed by atoms with E-state index in [2.05, 4.69) is 10.3 Å². The van der Waals surface area contributed by atoms with Crippen LogP contribution in [0.4, 0.5) is 10.6 Å². The summed E-state index contributed by atoms with van der Waals surface area (Å²) in [4.78, 5) is 26.8. The van der Waals surface area contributed by atoms with E-state index < -0.39 is 17.7 Å². The van der Waals surface area contributed by atoms with Crippen LogP contribution in [0.2, 0.25) is 0 Å². The smallest absolute Gasteiger partial charge is 0.413 e. The number of ether oxygens (including phenoxy) is 1. The van der Waals surface area contributed by atoms with E-state index in [1.165, 1.54) is 12.1 Å². The Balaban J connectivity index is 2.22. The number of rotatable bonds is 2. The third-order valence-electron chi connectivity index (χ3n) is 2.57. The Morgan fingerprint density at radius 1 is 1.19 bits per heavy atom. The van der Waals surface area contributed by atoms with Crippen molar-refractivity contribution in [3.05, 3.63) is 35.9 Å². The first-order valence-electron chi connectivity index (χ1n) is 6.39. The molecule has 1 amide bonds. The molecular weight excluding hydrogens is 272 g/mol. The topological polar surface area (TPSA) is 88.5 Å². The van der Waals surface area contributed by atoms with Crippen molar-refractivity contribution in [2.75, 3.05) is 5.32 Å². The molecule has 2 aromatic rings. The van der Waals surface area contributed by atoms with Crippen LogP contribution in [0.1, 0.15) is 31.1 Å². The van der Waals surface area contributed by atoms with Gasteiger partial charge in [-0.3, -0.25) is 5.32 Å². The number of amides is 1. The van der Waals surface area contributed by atoms with Crippen molar-refractivity contribution in [2.24, 2.45) is 0 Å². The van der Waals surface area contributed by atoms with Crippen LogP contribution in [0.25, 0.3) is 10.9 Å². The van der Waals surface area contributed by atoms with Crippen molar-refractivity contribution in [3.8, 4) is 0 Å². The molecule has 0 unspecified atom stereocenters. The van der Waals surface area contributed by atoms with Crippen LogP contribution in [0.15, 0.2) is 30.3 Å². The zero-order chi connectivity index (χ0) is 15.6. The van der Waals surface area contributed by atoms with Crippen molar-refractivity contribution in [2.45, 2.75) is 26.4 Å². The Morgan fingerprint density at radius 3 is 2.52 bits per heavy atom. The molecule has 0 radical (unpaired) electrons. The molecule has 0 bridgehead atoms. The highest BCUT2D eigenvalue weighted by Crippen LogP contribution is 2.18. The molecule has 6 heteroatoms. The molecule has 0 aliphatic carbocycles. The van der Waals surface area contributed by atoms with Gasteiger partial charge in [0.15, 0.2) is 0 Å². The lowest BCUT2D eigenvalue weighted by Crippen LogP contribution is -2.27. The van der Waals surface area contributed by atoms with Gasteiger partial charge in [0.05, 0.1) is 11.1 Å². The van der Waals surface area contributed by atoms with Crippen LogP contribution >= 0.6 is 0 Å².